The normalized spacial score (nSPS) is 12.4. The summed E-state index contributed by atoms with van der Waals surface area (Å²) in [6.45, 7) is 6.58. The molecule has 0 rings (SSSR count). The molecular weight excluding hydrogens is 745 g/mol. The monoisotopic (exact) mass is 841 g/mol. The lowest BCUT2D eigenvalue weighted by molar-refractivity contribution is -0.167. The van der Waals surface area contributed by atoms with Crippen LogP contribution < -0.4 is 0 Å². The van der Waals surface area contributed by atoms with Gasteiger partial charge in [-0.2, -0.15) is 0 Å². The van der Waals surface area contributed by atoms with Crippen LogP contribution in [0.2, 0.25) is 0 Å². The Hall–Kier alpha value is -2.63. The molecule has 1 atom stereocenters. The molecule has 0 aliphatic rings. The van der Waals surface area contributed by atoms with Crippen molar-refractivity contribution in [1.29, 1.82) is 0 Å². The van der Waals surface area contributed by atoms with E-state index in [1.165, 1.54) is 135 Å². The smallest absolute Gasteiger partial charge is 0.306 e. The Balaban J connectivity index is 4.38. The van der Waals surface area contributed by atoms with Crippen LogP contribution in [0.3, 0.4) is 0 Å². The van der Waals surface area contributed by atoms with Gasteiger partial charge in [-0.25, -0.2) is 0 Å². The molecule has 0 bridgehead atoms. The lowest BCUT2D eigenvalue weighted by atomic mass is 10.0. The van der Waals surface area contributed by atoms with Crippen LogP contribution in [0.5, 0.6) is 0 Å². The first-order valence-electron chi connectivity index (χ1n) is 25.6. The van der Waals surface area contributed by atoms with E-state index in [4.69, 9.17) is 14.2 Å². The van der Waals surface area contributed by atoms with Crippen LogP contribution in [0, 0.1) is 0 Å². The fourth-order valence-electron chi connectivity index (χ4n) is 7.19. The Labute approximate surface area is 371 Å². The molecular formula is C54H96O6. The third-order valence-corrected chi connectivity index (χ3v) is 11.1. The van der Waals surface area contributed by atoms with E-state index in [9.17, 15) is 14.4 Å². The van der Waals surface area contributed by atoms with Crippen LogP contribution in [0.25, 0.3) is 0 Å². The highest BCUT2D eigenvalue weighted by molar-refractivity contribution is 5.71. The molecule has 0 unspecified atom stereocenters. The lowest BCUT2D eigenvalue weighted by Gasteiger charge is -2.18. The van der Waals surface area contributed by atoms with Gasteiger partial charge in [0.2, 0.25) is 0 Å². The van der Waals surface area contributed by atoms with Crippen LogP contribution in [0.1, 0.15) is 258 Å². The van der Waals surface area contributed by atoms with Crippen molar-refractivity contribution in [1.82, 2.24) is 0 Å². The van der Waals surface area contributed by atoms with E-state index in [1.54, 1.807) is 0 Å². The Bertz CT molecular complexity index is 1060. The second-order valence-electron chi connectivity index (χ2n) is 17.1. The number of allylic oxidation sites excluding steroid dienone is 8. The molecule has 0 aromatic carbocycles. The molecule has 0 fully saturated rings. The Morgan fingerprint density at radius 1 is 0.333 bits per heavy atom. The second-order valence-corrected chi connectivity index (χ2v) is 17.1. The molecule has 0 spiro atoms. The quantitative estimate of drug-likeness (QED) is 0.0263. The summed E-state index contributed by atoms with van der Waals surface area (Å²) >= 11 is 0. The van der Waals surface area contributed by atoms with E-state index < -0.39 is 6.10 Å². The Morgan fingerprint density at radius 2 is 0.600 bits per heavy atom. The Morgan fingerprint density at radius 3 is 0.967 bits per heavy atom. The van der Waals surface area contributed by atoms with Gasteiger partial charge >= 0.3 is 17.9 Å². The standard InChI is InChI=1S/C54H96O6/c1-4-7-10-13-16-19-22-24-25-26-27-28-29-30-33-35-38-41-44-47-53(56)59-50-51(49-58-52(55)46-43-40-37-34-31-21-18-15-12-9-6-3)60-54(57)48-45-42-39-36-32-23-20-17-14-11-8-5-2/h16,19,24-25,27-28,30,33,51H,4-15,17-18,20-23,26,29,31-32,34-50H2,1-3H3/b19-16-,25-24-,28-27-,33-30-/t51-/m1/s1. The average molecular weight is 841 g/mol. The summed E-state index contributed by atoms with van der Waals surface area (Å²) in [5, 5.41) is 0. The zero-order valence-corrected chi connectivity index (χ0v) is 39.7. The molecule has 6 heteroatoms. The van der Waals surface area contributed by atoms with Crippen LogP contribution in [-0.4, -0.2) is 37.2 Å². The van der Waals surface area contributed by atoms with Crippen molar-refractivity contribution in [2.75, 3.05) is 13.2 Å². The van der Waals surface area contributed by atoms with Gasteiger partial charge in [0.1, 0.15) is 13.2 Å². The summed E-state index contributed by atoms with van der Waals surface area (Å²) < 4.78 is 16.7. The van der Waals surface area contributed by atoms with Gasteiger partial charge in [-0.05, 0) is 64.2 Å². The van der Waals surface area contributed by atoms with Gasteiger partial charge in [-0.1, -0.05) is 223 Å². The summed E-state index contributed by atoms with van der Waals surface area (Å²) in [4.78, 5) is 37.9. The van der Waals surface area contributed by atoms with Crippen molar-refractivity contribution in [3.63, 3.8) is 0 Å². The second kappa shape index (κ2) is 49.0. The van der Waals surface area contributed by atoms with Gasteiger partial charge in [-0.15, -0.1) is 0 Å². The summed E-state index contributed by atoms with van der Waals surface area (Å²) in [6.07, 6.45) is 58.0. The van der Waals surface area contributed by atoms with E-state index in [-0.39, 0.29) is 31.1 Å². The first-order valence-corrected chi connectivity index (χ1v) is 25.6. The van der Waals surface area contributed by atoms with Gasteiger partial charge in [0.25, 0.3) is 0 Å². The highest BCUT2D eigenvalue weighted by Crippen LogP contribution is 2.15. The van der Waals surface area contributed by atoms with Crippen LogP contribution in [-0.2, 0) is 28.6 Å². The van der Waals surface area contributed by atoms with Crippen molar-refractivity contribution in [2.24, 2.45) is 0 Å². The number of carbonyl (C=O) groups excluding carboxylic acids is 3. The summed E-state index contributed by atoms with van der Waals surface area (Å²) in [5.74, 6) is -0.906. The molecule has 0 amide bonds. The SMILES string of the molecule is CCCCC/C=C\C/C=C\C/C=C\C/C=C\CCCCCC(=O)OC[C@@H](COC(=O)CCCCCCCCCCCCC)OC(=O)CCCCCCCCCCCCCC. The predicted molar refractivity (Wildman–Crippen MR) is 256 cm³/mol. The molecule has 0 radical (unpaired) electrons. The van der Waals surface area contributed by atoms with E-state index in [1.807, 2.05) is 0 Å². The highest BCUT2D eigenvalue weighted by atomic mass is 16.6. The first kappa shape index (κ1) is 57.4. The number of hydrogen-bond acceptors (Lipinski definition) is 6. The molecule has 0 aromatic rings. The molecule has 0 aliphatic heterocycles. The fourth-order valence-corrected chi connectivity index (χ4v) is 7.19. The highest BCUT2D eigenvalue weighted by Gasteiger charge is 2.19. The van der Waals surface area contributed by atoms with Gasteiger partial charge in [-0.3, -0.25) is 14.4 Å². The molecule has 348 valence electrons. The van der Waals surface area contributed by atoms with Crippen LogP contribution in [0.15, 0.2) is 48.6 Å². The van der Waals surface area contributed by atoms with Gasteiger partial charge in [0, 0.05) is 19.3 Å². The number of ether oxygens (including phenoxy) is 3. The van der Waals surface area contributed by atoms with E-state index in [0.717, 1.165) is 83.5 Å². The van der Waals surface area contributed by atoms with Crippen molar-refractivity contribution in [2.45, 2.75) is 264 Å². The van der Waals surface area contributed by atoms with Gasteiger partial charge in [0.05, 0.1) is 0 Å². The molecule has 0 saturated carbocycles. The number of esters is 3. The minimum Gasteiger partial charge on any atom is -0.462 e. The Kier molecular flexibility index (Phi) is 46.9. The number of carbonyl (C=O) groups is 3. The maximum Gasteiger partial charge on any atom is 0.306 e. The zero-order valence-electron chi connectivity index (χ0n) is 39.7. The van der Waals surface area contributed by atoms with Gasteiger partial charge in [0.15, 0.2) is 6.10 Å². The topological polar surface area (TPSA) is 78.9 Å². The third kappa shape index (κ3) is 46.4. The third-order valence-electron chi connectivity index (χ3n) is 11.1. The molecule has 6 nitrogen and oxygen atoms in total. The first-order chi connectivity index (χ1) is 29.5. The van der Waals surface area contributed by atoms with Crippen molar-refractivity contribution in [3.8, 4) is 0 Å². The molecule has 0 aliphatic carbocycles. The number of rotatable bonds is 46. The maximum atomic E-state index is 12.8. The lowest BCUT2D eigenvalue weighted by Crippen LogP contribution is -2.30. The van der Waals surface area contributed by atoms with E-state index >= 15 is 0 Å². The average Bonchev–Trinajstić information content (AvgIpc) is 3.24. The zero-order chi connectivity index (χ0) is 43.7. The van der Waals surface area contributed by atoms with E-state index in [2.05, 4.69) is 69.4 Å². The van der Waals surface area contributed by atoms with Crippen molar-refractivity contribution in [3.05, 3.63) is 48.6 Å². The van der Waals surface area contributed by atoms with Crippen molar-refractivity contribution >= 4 is 17.9 Å². The number of hydrogen-bond donors (Lipinski definition) is 0. The predicted octanol–water partition coefficient (Wildman–Crippen LogP) is 16.7. The largest absolute Gasteiger partial charge is 0.462 e. The minimum absolute atomic E-state index is 0.0800. The maximum absolute atomic E-state index is 12.8. The summed E-state index contributed by atoms with van der Waals surface area (Å²) in [5.41, 5.74) is 0. The molecule has 0 N–H and O–H groups in total. The van der Waals surface area contributed by atoms with Gasteiger partial charge < -0.3 is 14.2 Å². The summed E-state index contributed by atoms with van der Waals surface area (Å²) in [6, 6.07) is 0. The number of unbranched alkanes of at least 4 members (excludes halogenated alkanes) is 27. The molecule has 0 heterocycles. The van der Waals surface area contributed by atoms with Crippen LogP contribution >= 0.6 is 0 Å². The fraction of sp³-hybridized carbons (Fsp3) is 0.796. The van der Waals surface area contributed by atoms with Crippen LogP contribution in [0.4, 0.5) is 0 Å². The van der Waals surface area contributed by atoms with Crippen molar-refractivity contribution < 1.29 is 28.6 Å². The van der Waals surface area contributed by atoms with E-state index in [0.29, 0.717) is 19.3 Å². The molecule has 60 heavy (non-hydrogen) atoms. The minimum atomic E-state index is -0.780. The molecule has 0 saturated heterocycles. The molecule has 0 aromatic heterocycles. The summed E-state index contributed by atoms with van der Waals surface area (Å²) in [7, 11) is 0.